The number of unbranched alkanes of at least 4 members (excludes halogenated alkanes) is 3. The van der Waals surface area contributed by atoms with Crippen LogP contribution in [0.15, 0.2) is 0 Å². The van der Waals surface area contributed by atoms with Gasteiger partial charge in [0.2, 0.25) is 0 Å². The van der Waals surface area contributed by atoms with E-state index in [4.69, 9.17) is 0 Å². The Morgan fingerprint density at radius 2 is 0.882 bits per heavy atom. The van der Waals surface area contributed by atoms with Gasteiger partial charge in [0.25, 0.3) is 0 Å². The van der Waals surface area contributed by atoms with Crippen LogP contribution >= 0.6 is 0 Å². The van der Waals surface area contributed by atoms with E-state index in [1.165, 1.54) is 44.9 Å². The molecule has 0 unspecified atom stereocenters. The first-order valence-corrected chi connectivity index (χ1v) is 7.99. The molecule has 0 heteroatoms. The Labute approximate surface area is 113 Å². The summed E-state index contributed by atoms with van der Waals surface area (Å²) in [5, 5.41) is 0. The number of hydrogen-bond acceptors (Lipinski definition) is 0. The zero-order valence-corrected chi connectivity index (χ0v) is 14.1. The minimum absolute atomic E-state index is 0.884. The van der Waals surface area contributed by atoms with Crippen molar-refractivity contribution < 1.29 is 0 Å². The molecule has 0 rings (SSSR count). The highest BCUT2D eigenvalue weighted by atomic mass is 13.9. The van der Waals surface area contributed by atoms with E-state index in [1.54, 1.807) is 0 Å². The van der Waals surface area contributed by atoms with E-state index in [0.29, 0.717) is 0 Å². The van der Waals surface area contributed by atoms with E-state index < -0.39 is 0 Å². The van der Waals surface area contributed by atoms with Gasteiger partial charge in [-0.1, -0.05) is 100 Å². The Kier molecular flexibility index (Phi) is 27.8. The molecule has 0 aliphatic heterocycles. The maximum absolute atomic E-state index is 2.28. The summed E-state index contributed by atoms with van der Waals surface area (Å²) >= 11 is 0. The molecular weight excluding hydrogens is 204 g/mol. The van der Waals surface area contributed by atoms with Crippen molar-refractivity contribution >= 4 is 0 Å². The Morgan fingerprint density at radius 3 is 0.941 bits per heavy atom. The van der Waals surface area contributed by atoms with Crippen LogP contribution in [0, 0.1) is 11.8 Å². The van der Waals surface area contributed by atoms with E-state index in [1.807, 2.05) is 0 Å². The summed E-state index contributed by atoms with van der Waals surface area (Å²) in [4.78, 5) is 0. The Bertz CT molecular complexity index is 86.2. The third kappa shape index (κ3) is 38.7. The normalized spacial score (nSPS) is 9.53. The fourth-order valence-electron chi connectivity index (χ4n) is 0.789. The molecular formula is C17H40. The number of hydrogen-bond donors (Lipinski definition) is 0. The van der Waals surface area contributed by atoms with Crippen molar-refractivity contribution in [2.24, 2.45) is 11.8 Å². The fourth-order valence-corrected chi connectivity index (χ4v) is 0.789. The van der Waals surface area contributed by atoms with E-state index >= 15 is 0 Å². The van der Waals surface area contributed by atoms with E-state index in [2.05, 4.69) is 55.4 Å². The van der Waals surface area contributed by atoms with E-state index in [-0.39, 0.29) is 0 Å². The Balaban J connectivity index is -0.000000174. The quantitative estimate of drug-likeness (QED) is 0.438. The molecule has 0 aromatic heterocycles. The van der Waals surface area contributed by atoms with Gasteiger partial charge in [-0.05, 0) is 11.8 Å². The average Bonchev–Trinajstić information content (AvgIpc) is 2.36. The number of rotatable bonds is 6. The fraction of sp³-hybridized carbons (Fsp3) is 1.00. The lowest BCUT2D eigenvalue weighted by atomic mass is 10.1. The second kappa shape index (κ2) is 21.3. The van der Waals surface area contributed by atoms with Gasteiger partial charge in [-0.25, -0.2) is 0 Å². The molecule has 0 nitrogen and oxygen atoms in total. The molecule has 0 spiro atoms. The average molecular weight is 245 g/mol. The van der Waals surface area contributed by atoms with Crippen molar-refractivity contribution in [1.29, 1.82) is 0 Å². The van der Waals surface area contributed by atoms with Crippen LogP contribution in [0.3, 0.4) is 0 Å². The van der Waals surface area contributed by atoms with Gasteiger partial charge >= 0.3 is 0 Å². The smallest absolute Gasteiger partial charge is 0.0448 e. The van der Waals surface area contributed by atoms with Crippen LogP contribution in [0.5, 0.6) is 0 Å². The molecule has 108 valence electrons. The van der Waals surface area contributed by atoms with Gasteiger partial charge in [0, 0.05) is 0 Å². The summed E-state index contributed by atoms with van der Waals surface area (Å²) in [6.07, 6.45) is 9.50. The first-order valence-electron chi connectivity index (χ1n) is 7.99. The predicted octanol–water partition coefficient (Wildman–Crippen LogP) is 7.08. The maximum atomic E-state index is 2.28. The lowest BCUT2D eigenvalue weighted by Gasteiger charge is -1.98. The highest BCUT2D eigenvalue weighted by Crippen LogP contribution is 2.02. The molecule has 0 saturated heterocycles. The second-order valence-corrected chi connectivity index (χ2v) is 5.43. The topological polar surface area (TPSA) is 0 Å². The van der Waals surface area contributed by atoms with Crippen molar-refractivity contribution in [2.45, 2.75) is 100 Å². The molecule has 0 aliphatic carbocycles. The van der Waals surface area contributed by atoms with Gasteiger partial charge < -0.3 is 0 Å². The molecule has 0 aromatic rings. The molecule has 0 atom stereocenters. The van der Waals surface area contributed by atoms with Gasteiger partial charge in [0.15, 0.2) is 0 Å². The van der Waals surface area contributed by atoms with E-state index in [0.717, 1.165) is 11.8 Å². The lowest BCUT2D eigenvalue weighted by molar-refractivity contribution is 0.544. The van der Waals surface area contributed by atoms with Gasteiger partial charge in [-0.3, -0.25) is 0 Å². The van der Waals surface area contributed by atoms with Crippen LogP contribution in [0.25, 0.3) is 0 Å². The summed E-state index contributed by atoms with van der Waals surface area (Å²) < 4.78 is 0. The molecule has 0 heterocycles. The first-order chi connectivity index (χ1) is 7.99. The Morgan fingerprint density at radius 1 is 0.588 bits per heavy atom. The van der Waals surface area contributed by atoms with Gasteiger partial charge in [-0.2, -0.15) is 0 Å². The second-order valence-electron chi connectivity index (χ2n) is 5.43. The largest absolute Gasteiger partial charge is 0.0654 e. The zero-order chi connectivity index (χ0) is 14.1. The summed E-state index contributed by atoms with van der Waals surface area (Å²) in [6, 6.07) is 0. The lowest BCUT2D eigenvalue weighted by Crippen LogP contribution is -1.85. The van der Waals surface area contributed by atoms with Crippen molar-refractivity contribution in [2.75, 3.05) is 0 Å². The molecule has 0 saturated carbocycles. The van der Waals surface area contributed by atoms with Crippen molar-refractivity contribution in [3.63, 3.8) is 0 Å². The third-order valence-corrected chi connectivity index (χ3v) is 3.17. The van der Waals surface area contributed by atoms with Crippen LogP contribution in [0.4, 0.5) is 0 Å². The van der Waals surface area contributed by atoms with Gasteiger partial charge in [0.05, 0.1) is 0 Å². The minimum atomic E-state index is 0.884. The summed E-state index contributed by atoms with van der Waals surface area (Å²) in [5.74, 6) is 1.82. The predicted molar refractivity (Wildman–Crippen MR) is 84.7 cm³/mol. The zero-order valence-electron chi connectivity index (χ0n) is 14.1. The Hall–Kier alpha value is 0. The molecule has 0 bridgehead atoms. The van der Waals surface area contributed by atoms with Crippen LogP contribution in [-0.2, 0) is 0 Å². The van der Waals surface area contributed by atoms with Crippen molar-refractivity contribution in [3.05, 3.63) is 0 Å². The maximum Gasteiger partial charge on any atom is -0.0448 e. The molecule has 17 heavy (non-hydrogen) atoms. The van der Waals surface area contributed by atoms with Crippen molar-refractivity contribution in [1.82, 2.24) is 0 Å². The van der Waals surface area contributed by atoms with Crippen LogP contribution in [-0.4, -0.2) is 0 Å². The van der Waals surface area contributed by atoms with Gasteiger partial charge in [0.1, 0.15) is 0 Å². The summed E-state index contributed by atoms with van der Waals surface area (Å²) in [6.45, 7) is 17.8. The molecule has 0 amide bonds. The van der Waals surface area contributed by atoms with E-state index in [9.17, 15) is 0 Å². The first kappa shape index (κ1) is 22.2. The minimum Gasteiger partial charge on any atom is -0.0654 e. The highest BCUT2D eigenvalue weighted by Gasteiger charge is 1.88. The molecule has 0 aromatic carbocycles. The van der Waals surface area contributed by atoms with Crippen LogP contribution in [0.1, 0.15) is 100 Å². The highest BCUT2D eigenvalue weighted by molar-refractivity contribution is 4.41. The molecule has 0 N–H and O–H groups in total. The van der Waals surface area contributed by atoms with Crippen molar-refractivity contribution in [3.8, 4) is 0 Å². The summed E-state index contributed by atoms with van der Waals surface area (Å²) in [7, 11) is 0. The summed E-state index contributed by atoms with van der Waals surface area (Å²) in [5.41, 5.74) is 0. The van der Waals surface area contributed by atoms with Crippen LogP contribution < -0.4 is 0 Å². The molecule has 0 aliphatic rings. The SMILES string of the molecule is CCC(C)C.CCC(C)CC.CCCCCC. The third-order valence-electron chi connectivity index (χ3n) is 3.17. The monoisotopic (exact) mass is 244 g/mol. The molecule has 0 radical (unpaired) electrons. The van der Waals surface area contributed by atoms with Crippen LogP contribution in [0.2, 0.25) is 0 Å². The molecule has 0 fully saturated rings. The van der Waals surface area contributed by atoms with Gasteiger partial charge in [-0.15, -0.1) is 0 Å². The standard InChI is InChI=1S/2C6H14.C5H12/c1-4-6(3)5-2;1-3-5-6-4-2;1-4-5(2)3/h6H,4-5H2,1-3H3;3-6H2,1-2H3;5H,4H2,1-3H3.